The number of hydrogen-bond donors (Lipinski definition) is 1. The minimum atomic E-state index is -1.07. The van der Waals surface area contributed by atoms with E-state index >= 15 is 0 Å². The number of aliphatic hydroxyl groups is 1. The van der Waals surface area contributed by atoms with Crippen molar-refractivity contribution in [2.45, 2.75) is 30.5 Å². The molecule has 5 aromatic rings. The summed E-state index contributed by atoms with van der Waals surface area (Å²) in [6.45, 7) is 0.0530. The van der Waals surface area contributed by atoms with Crippen LogP contribution in [-0.2, 0) is 15.1 Å². The smallest absolute Gasteiger partial charge is 0.297 e. The van der Waals surface area contributed by atoms with Gasteiger partial charge in [0.25, 0.3) is 5.69 Å². The van der Waals surface area contributed by atoms with Gasteiger partial charge in [0.1, 0.15) is 29.4 Å². The summed E-state index contributed by atoms with van der Waals surface area (Å²) in [5.74, 6) is 1.43. The van der Waals surface area contributed by atoms with Crippen LogP contribution >= 0.6 is 0 Å². The number of aliphatic hydroxyl groups excluding tert-OH is 1. The van der Waals surface area contributed by atoms with E-state index in [1.165, 1.54) is 12.4 Å². The van der Waals surface area contributed by atoms with Crippen molar-refractivity contribution in [2.75, 3.05) is 20.8 Å². The summed E-state index contributed by atoms with van der Waals surface area (Å²) in [6.07, 6.45) is -0.321. The fraction of sp³-hybridized carbons (Fsp3) is 0.242. The van der Waals surface area contributed by atoms with Crippen molar-refractivity contribution in [2.24, 2.45) is 0 Å². The maximum atomic E-state index is 11.5. The molecule has 1 aliphatic rings. The molecule has 0 radical (unpaired) electrons. The molecule has 0 amide bonds. The van der Waals surface area contributed by atoms with E-state index in [2.05, 4.69) is 4.98 Å². The number of ether oxygens (including phenoxy) is 4. The molecule has 1 fully saturated rings. The van der Waals surface area contributed by atoms with E-state index in [0.29, 0.717) is 17.0 Å². The number of rotatable bonds is 10. The molecule has 2 heterocycles. The number of nitro benzene ring substituents is 1. The number of imidazole rings is 1. The van der Waals surface area contributed by atoms with Crippen LogP contribution in [0.2, 0.25) is 0 Å². The van der Waals surface area contributed by atoms with Gasteiger partial charge in [0.05, 0.1) is 43.7 Å². The Labute approximate surface area is 248 Å². The molecule has 0 unspecified atom stereocenters. The maximum Gasteiger partial charge on any atom is 0.297 e. The van der Waals surface area contributed by atoms with Gasteiger partial charge in [0, 0.05) is 12.5 Å². The van der Waals surface area contributed by atoms with Crippen LogP contribution in [0.1, 0.15) is 29.3 Å². The molecule has 1 N–H and O–H groups in total. The van der Waals surface area contributed by atoms with E-state index < -0.39 is 29.0 Å². The first kappa shape index (κ1) is 28.4. The highest BCUT2D eigenvalue weighted by molar-refractivity contribution is 5.84. The summed E-state index contributed by atoms with van der Waals surface area (Å²) >= 11 is 0. The lowest BCUT2D eigenvalue weighted by Gasteiger charge is -2.37. The summed E-state index contributed by atoms with van der Waals surface area (Å²) in [5.41, 5.74) is 2.30. The zero-order valence-electron chi connectivity index (χ0n) is 23.7. The van der Waals surface area contributed by atoms with E-state index in [1.807, 2.05) is 78.9 Å². The van der Waals surface area contributed by atoms with Crippen molar-refractivity contribution < 1.29 is 29.0 Å². The Hall–Kier alpha value is -4.77. The van der Waals surface area contributed by atoms with Crippen LogP contribution < -0.4 is 9.47 Å². The second kappa shape index (κ2) is 11.8. The average molecular weight is 582 g/mol. The van der Waals surface area contributed by atoms with Gasteiger partial charge < -0.3 is 28.6 Å². The van der Waals surface area contributed by atoms with Crippen molar-refractivity contribution in [3.63, 3.8) is 0 Å². The number of nitrogens with zero attached hydrogens (tertiary/aromatic N) is 3. The van der Waals surface area contributed by atoms with Crippen molar-refractivity contribution in [1.29, 1.82) is 0 Å². The normalized spacial score (nSPS) is 18.5. The van der Waals surface area contributed by atoms with Crippen LogP contribution in [0.4, 0.5) is 5.69 Å². The molecule has 1 aliphatic heterocycles. The van der Waals surface area contributed by atoms with Crippen molar-refractivity contribution in [1.82, 2.24) is 9.55 Å². The molecule has 0 saturated carbocycles. The topological polar surface area (TPSA) is 118 Å². The first-order valence-electron chi connectivity index (χ1n) is 13.9. The zero-order valence-corrected chi connectivity index (χ0v) is 23.7. The third-order valence-electron chi connectivity index (χ3n) is 7.93. The molecule has 0 spiro atoms. The number of benzene rings is 4. The third kappa shape index (κ3) is 5.20. The van der Waals surface area contributed by atoms with Gasteiger partial charge in [-0.25, -0.2) is 4.98 Å². The number of hydrogen-bond acceptors (Lipinski definition) is 8. The van der Waals surface area contributed by atoms with Gasteiger partial charge in [-0.3, -0.25) is 10.1 Å². The second-order valence-electron chi connectivity index (χ2n) is 10.3. The molecule has 10 heteroatoms. The summed E-state index contributed by atoms with van der Waals surface area (Å²) < 4.78 is 25.8. The Morgan fingerprint density at radius 1 is 0.907 bits per heavy atom. The maximum absolute atomic E-state index is 11.5. The van der Waals surface area contributed by atoms with Crippen LogP contribution in [0, 0.1) is 10.1 Å². The number of aromatic nitrogens is 2. The van der Waals surface area contributed by atoms with Crippen molar-refractivity contribution in [3.05, 3.63) is 130 Å². The standard InChI is InChI=1S/C33H31N3O7/c1-40-25-15-11-23(12-16-25)33(22-7-4-3-5-8-22,24-13-17-26(41-2)18-14-24)42-20-30-29(37)19-31(43-30)35-21-34-32-27(35)9-6-10-28(32)36(38)39/h3-18,21,29-31,37H,19-20H2,1-2H3/t29-,30+,31+/m0/s1. The minimum absolute atomic E-state index is 0.0530. The molecule has 1 aromatic heterocycles. The Balaban J connectivity index is 1.36. The molecule has 6 rings (SSSR count). The molecule has 220 valence electrons. The van der Waals surface area contributed by atoms with E-state index in [1.54, 1.807) is 30.9 Å². The lowest BCUT2D eigenvalue weighted by Crippen LogP contribution is -2.38. The van der Waals surface area contributed by atoms with Gasteiger partial charge in [-0.15, -0.1) is 0 Å². The van der Waals surface area contributed by atoms with E-state index in [0.717, 1.165) is 16.7 Å². The molecular weight excluding hydrogens is 550 g/mol. The fourth-order valence-corrected chi connectivity index (χ4v) is 5.74. The number of nitro groups is 1. The SMILES string of the molecule is COc1ccc(C(OC[C@H]2O[C@@H](n3cnc4c([N+](=O)[O-])cccc43)C[C@@H]2O)(c2ccccc2)c2ccc(OC)cc2)cc1. The molecular formula is C33H31N3O7. The predicted molar refractivity (Wildman–Crippen MR) is 159 cm³/mol. The molecule has 10 nitrogen and oxygen atoms in total. The Bertz CT molecular complexity index is 1660. The molecule has 43 heavy (non-hydrogen) atoms. The largest absolute Gasteiger partial charge is 0.497 e. The summed E-state index contributed by atoms with van der Waals surface area (Å²) in [6, 6.07) is 30.1. The van der Waals surface area contributed by atoms with Gasteiger partial charge in [-0.2, -0.15) is 0 Å². The molecule has 4 aromatic carbocycles. The summed E-state index contributed by atoms with van der Waals surface area (Å²) in [4.78, 5) is 15.3. The lowest BCUT2D eigenvalue weighted by molar-refractivity contribution is -0.383. The lowest BCUT2D eigenvalue weighted by atomic mass is 9.80. The summed E-state index contributed by atoms with van der Waals surface area (Å²) in [7, 11) is 3.24. The highest BCUT2D eigenvalue weighted by atomic mass is 16.6. The Morgan fingerprint density at radius 3 is 2.09 bits per heavy atom. The third-order valence-corrected chi connectivity index (χ3v) is 7.93. The van der Waals surface area contributed by atoms with Gasteiger partial charge in [-0.05, 0) is 47.0 Å². The molecule has 0 aliphatic carbocycles. The van der Waals surface area contributed by atoms with Gasteiger partial charge in [-0.1, -0.05) is 60.7 Å². The van der Waals surface area contributed by atoms with Crippen LogP contribution in [0.25, 0.3) is 11.0 Å². The minimum Gasteiger partial charge on any atom is -0.497 e. The highest BCUT2D eigenvalue weighted by Gasteiger charge is 2.42. The van der Waals surface area contributed by atoms with Gasteiger partial charge >= 0.3 is 0 Å². The van der Waals surface area contributed by atoms with Crippen LogP contribution in [0.5, 0.6) is 11.5 Å². The number of non-ortho nitro benzene ring substituents is 1. The van der Waals surface area contributed by atoms with E-state index in [-0.39, 0.29) is 24.2 Å². The molecule has 3 atom stereocenters. The fourth-order valence-electron chi connectivity index (χ4n) is 5.74. The first-order chi connectivity index (χ1) is 20.9. The number of fused-ring (bicyclic) bond motifs is 1. The van der Waals surface area contributed by atoms with Gasteiger partial charge in [0.2, 0.25) is 0 Å². The highest BCUT2D eigenvalue weighted by Crippen LogP contribution is 2.43. The van der Waals surface area contributed by atoms with E-state index in [4.69, 9.17) is 18.9 Å². The van der Waals surface area contributed by atoms with Crippen LogP contribution in [0.3, 0.4) is 0 Å². The Kier molecular flexibility index (Phi) is 7.81. The van der Waals surface area contributed by atoms with Crippen molar-refractivity contribution >= 4 is 16.7 Å². The number of methoxy groups -OCH3 is 2. The zero-order chi connectivity index (χ0) is 30.0. The molecule has 0 bridgehead atoms. The summed E-state index contributed by atoms with van der Waals surface area (Å²) in [5, 5.41) is 22.6. The monoisotopic (exact) mass is 581 g/mol. The van der Waals surface area contributed by atoms with Crippen LogP contribution in [0.15, 0.2) is 103 Å². The quantitative estimate of drug-likeness (QED) is 0.128. The number of para-hydroxylation sites is 1. The first-order valence-corrected chi connectivity index (χ1v) is 13.9. The van der Waals surface area contributed by atoms with E-state index in [9.17, 15) is 15.2 Å². The van der Waals surface area contributed by atoms with Gasteiger partial charge in [0.15, 0.2) is 5.52 Å². The predicted octanol–water partition coefficient (Wildman–Crippen LogP) is 5.62. The molecule has 1 saturated heterocycles. The Morgan fingerprint density at radius 2 is 1.51 bits per heavy atom. The average Bonchev–Trinajstić information content (AvgIpc) is 3.65. The van der Waals surface area contributed by atoms with Crippen LogP contribution in [-0.4, -0.2) is 52.6 Å². The second-order valence-corrected chi connectivity index (χ2v) is 10.3. The van der Waals surface area contributed by atoms with Crippen molar-refractivity contribution in [3.8, 4) is 11.5 Å².